The summed E-state index contributed by atoms with van der Waals surface area (Å²) in [5.41, 5.74) is 0. The zero-order valence-electron chi connectivity index (χ0n) is 33.1. The minimum atomic E-state index is -0.878. The molecule has 0 rings (SSSR count). The molecule has 292 valence electrons. The second kappa shape index (κ2) is 33.9. The summed E-state index contributed by atoms with van der Waals surface area (Å²) >= 11 is 0. The van der Waals surface area contributed by atoms with Gasteiger partial charge in [-0.3, -0.25) is 9.59 Å². The summed E-state index contributed by atoms with van der Waals surface area (Å²) in [4.78, 5) is 36.8. The molecule has 0 aromatic heterocycles. The number of likely N-dealkylation sites (N-methyl/N-ethyl adjacent to an activating group) is 1. The second-order valence-corrected chi connectivity index (χ2v) is 14.9. The predicted octanol–water partition coefficient (Wildman–Crippen LogP) is 10.5. The topological polar surface area (TPSA) is 99.1 Å². The number of hydrogen-bond acceptors (Lipinski definition) is 6. The number of esters is 2. The van der Waals surface area contributed by atoms with Crippen LogP contribution >= 0.6 is 0 Å². The van der Waals surface area contributed by atoms with E-state index in [4.69, 9.17) is 14.2 Å². The summed E-state index contributed by atoms with van der Waals surface area (Å²) in [5.74, 6) is -1.50. The number of unbranched alkanes of at least 4 members (excludes halogenated alkanes) is 19. The van der Waals surface area contributed by atoms with Crippen LogP contribution in [0.3, 0.4) is 0 Å². The number of rotatable bonds is 36. The van der Waals surface area contributed by atoms with Crippen LogP contribution in [0, 0.1) is 0 Å². The highest BCUT2D eigenvalue weighted by atomic mass is 16.6. The van der Waals surface area contributed by atoms with Gasteiger partial charge in [0, 0.05) is 19.3 Å². The van der Waals surface area contributed by atoms with Crippen LogP contribution in [0.2, 0.25) is 0 Å². The average molecular weight is 709 g/mol. The third-order valence-electron chi connectivity index (χ3n) is 9.13. The second-order valence-electron chi connectivity index (χ2n) is 14.9. The average Bonchev–Trinajstić information content (AvgIpc) is 3.06. The molecule has 1 N–H and O–H groups in total. The molecular weight excluding hydrogens is 630 g/mol. The van der Waals surface area contributed by atoms with Crippen LogP contribution in [0.4, 0.5) is 0 Å². The molecule has 0 amide bonds. The quantitative estimate of drug-likeness (QED) is 0.0299. The van der Waals surface area contributed by atoms with Crippen molar-refractivity contribution in [1.82, 2.24) is 0 Å². The summed E-state index contributed by atoms with van der Waals surface area (Å²) in [6.07, 6.45) is 35.0. The highest BCUT2D eigenvalue weighted by Gasteiger charge is 2.31. The summed E-state index contributed by atoms with van der Waals surface area (Å²) in [5, 5.41) is 9.59. The minimum absolute atomic E-state index is 0.0561. The number of ether oxygens (including phenoxy) is 3. The van der Waals surface area contributed by atoms with Crippen molar-refractivity contribution in [1.29, 1.82) is 0 Å². The fraction of sp³-hybridized carbons (Fsp3) is 0.833. The highest BCUT2D eigenvalue weighted by molar-refractivity contribution is 5.72. The van der Waals surface area contributed by atoms with E-state index in [0.717, 1.165) is 51.4 Å². The van der Waals surface area contributed by atoms with Crippen molar-refractivity contribution in [2.45, 2.75) is 187 Å². The molecular formula is C42H78NO7+. The van der Waals surface area contributed by atoms with Crippen LogP contribution in [0.1, 0.15) is 174 Å². The number of carbonyl (C=O) groups excluding carboxylic acids is 2. The fourth-order valence-electron chi connectivity index (χ4n) is 5.89. The zero-order chi connectivity index (χ0) is 37.1. The Hall–Kier alpha value is -2.19. The molecule has 2 atom stereocenters. The Bertz CT molecular complexity index is 880. The molecule has 0 aromatic carbocycles. The van der Waals surface area contributed by atoms with E-state index < -0.39 is 18.1 Å². The maximum Gasteiger partial charge on any atom is 0.362 e. The van der Waals surface area contributed by atoms with Crippen LogP contribution in [-0.2, 0) is 28.6 Å². The Morgan fingerprint density at radius 2 is 1.06 bits per heavy atom. The first-order valence-corrected chi connectivity index (χ1v) is 20.4. The van der Waals surface area contributed by atoms with E-state index in [2.05, 4.69) is 38.2 Å². The Morgan fingerprint density at radius 3 is 1.56 bits per heavy atom. The van der Waals surface area contributed by atoms with Crippen molar-refractivity contribution in [3.05, 3.63) is 24.3 Å². The van der Waals surface area contributed by atoms with Gasteiger partial charge in [0.05, 0.1) is 34.4 Å². The molecule has 0 bridgehead atoms. The first-order chi connectivity index (χ1) is 24.1. The normalized spacial score (nSPS) is 13.2. The molecule has 0 aliphatic heterocycles. The molecule has 8 nitrogen and oxygen atoms in total. The molecule has 50 heavy (non-hydrogen) atoms. The van der Waals surface area contributed by atoms with Crippen LogP contribution in [-0.4, -0.2) is 80.6 Å². The summed E-state index contributed by atoms with van der Waals surface area (Å²) in [6.45, 7) is 4.66. The van der Waals surface area contributed by atoms with Crippen molar-refractivity contribution in [2.24, 2.45) is 0 Å². The van der Waals surface area contributed by atoms with Gasteiger partial charge in [-0.05, 0) is 32.1 Å². The number of carboxylic acids is 1. The van der Waals surface area contributed by atoms with Crippen LogP contribution < -0.4 is 0 Å². The van der Waals surface area contributed by atoms with Crippen molar-refractivity contribution < 1.29 is 38.2 Å². The molecule has 0 saturated heterocycles. The third kappa shape index (κ3) is 31.8. The summed E-state index contributed by atoms with van der Waals surface area (Å²) in [6, 6.07) is -0.614. The van der Waals surface area contributed by atoms with Crippen LogP contribution in [0.15, 0.2) is 24.3 Å². The number of allylic oxidation sites excluding steroid dienone is 4. The highest BCUT2D eigenvalue weighted by Crippen LogP contribution is 2.15. The van der Waals surface area contributed by atoms with Gasteiger partial charge in [0.2, 0.25) is 0 Å². The van der Waals surface area contributed by atoms with Gasteiger partial charge in [-0.1, -0.05) is 147 Å². The van der Waals surface area contributed by atoms with Gasteiger partial charge in [-0.15, -0.1) is 0 Å². The Labute approximate surface area is 307 Å². The van der Waals surface area contributed by atoms with Gasteiger partial charge in [-0.25, -0.2) is 4.79 Å². The zero-order valence-corrected chi connectivity index (χ0v) is 33.1. The van der Waals surface area contributed by atoms with E-state index in [9.17, 15) is 19.5 Å². The molecule has 0 saturated carbocycles. The first-order valence-electron chi connectivity index (χ1n) is 20.4. The van der Waals surface area contributed by atoms with Crippen molar-refractivity contribution in [2.75, 3.05) is 41.0 Å². The molecule has 0 fully saturated rings. The SMILES string of the molecule is CCCC/C=C/C=C/CCCCCC(=O)OCC(COCCC(C(=O)O)[N+](C)(C)C)OC(=O)CCCCCCCCCCCCCCCCC. The molecule has 0 aromatic rings. The number of quaternary nitrogens is 1. The first kappa shape index (κ1) is 47.8. The smallest absolute Gasteiger partial charge is 0.362 e. The fourth-order valence-corrected chi connectivity index (χ4v) is 5.89. The molecule has 0 radical (unpaired) electrons. The molecule has 0 heterocycles. The maximum absolute atomic E-state index is 12.7. The molecule has 2 unspecified atom stereocenters. The van der Waals surface area contributed by atoms with Crippen molar-refractivity contribution in [3.8, 4) is 0 Å². The van der Waals surface area contributed by atoms with Crippen LogP contribution in [0.5, 0.6) is 0 Å². The summed E-state index contributed by atoms with van der Waals surface area (Å²) in [7, 11) is 5.51. The van der Waals surface area contributed by atoms with E-state index >= 15 is 0 Å². The lowest BCUT2D eigenvalue weighted by Crippen LogP contribution is -2.50. The number of carbonyl (C=O) groups is 3. The number of carboxylic acid groups (broad SMARTS) is 1. The Morgan fingerprint density at radius 1 is 0.600 bits per heavy atom. The van der Waals surface area contributed by atoms with Gasteiger partial charge < -0.3 is 23.8 Å². The van der Waals surface area contributed by atoms with E-state index in [1.165, 1.54) is 89.9 Å². The van der Waals surface area contributed by atoms with E-state index in [-0.39, 0.29) is 36.2 Å². The maximum atomic E-state index is 12.7. The van der Waals surface area contributed by atoms with E-state index in [1.54, 1.807) is 0 Å². The lowest BCUT2D eigenvalue weighted by molar-refractivity contribution is -0.887. The Kier molecular flexibility index (Phi) is 32.4. The van der Waals surface area contributed by atoms with Crippen molar-refractivity contribution in [3.63, 3.8) is 0 Å². The third-order valence-corrected chi connectivity index (χ3v) is 9.13. The minimum Gasteiger partial charge on any atom is -0.477 e. The predicted molar refractivity (Wildman–Crippen MR) is 206 cm³/mol. The standard InChI is InChI=1S/C42H77NO7/c1-6-8-10-12-14-16-18-19-20-21-23-25-27-29-31-33-41(45)50-38(36-48-35-34-39(42(46)47)43(3,4)5)37-49-40(44)32-30-28-26-24-22-17-15-13-11-9-7-2/h13,15,17,22,38-39H,6-12,14,16,18-21,23-37H2,1-5H3/p+1/b15-13+,22-17+. The largest absolute Gasteiger partial charge is 0.477 e. The molecule has 8 heteroatoms. The van der Waals surface area contributed by atoms with E-state index in [0.29, 0.717) is 19.3 Å². The number of aliphatic carboxylic acids is 1. The monoisotopic (exact) mass is 709 g/mol. The van der Waals surface area contributed by atoms with Gasteiger partial charge >= 0.3 is 17.9 Å². The van der Waals surface area contributed by atoms with Gasteiger partial charge in [0.15, 0.2) is 12.1 Å². The van der Waals surface area contributed by atoms with E-state index in [1.807, 2.05) is 21.1 Å². The lowest BCUT2D eigenvalue weighted by Gasteiger charge is -2.31. The van der Waals surface area contributed by atoms with Crippen LogP contribution in [0.25, 0.3) is 0 Å². The van der Waals surface area contributed by atoms with Gasteiger partial charge in [0.25, 0.3) is 0 Å². The number of hydrogen-bond donors (Lipinski definition) is 1. The Balaban J connectivity index is 4.39. The van der Waals surface area contributed by atoms with Gasteiger partial charge in [0.1, 0.15) is 6.61 Å². The number of nitrogens with zero attached hydrogens (tertiary/aromatic N) is 1. The van der Waals surface area contributed by atoms with Gasteiger partial charge in [-0.2, -0.15) is 0 Å². The summed E-state index contributed by atoms with van der Waals surface area (Å²) < 4.78 is 17.2. The van der Waals surface area contributed by atoms with Crippen molar-refractivity contribution >= 4 is 17.9 Å². The molecule has 0 spiro atoms. The lowest BCUT2D eigenvalue weighted by atomic mass is 10.0. The molecule has 0 aliphatic rings. The molecule has 0 aliphatic carbocycles.